The molecule has 0 aliphatic rings. The summed E-state index contributed by atoms with van der Waals surface area (Å²) in [6, 6.07) is 25.3. The zero-order valence-electron chi connectivity index (χ0n) is 17.0. The van der Waals surface area contributed by atoms with Crippen LogP contribution in [0.4, 0.5) is 0 Å². The highest BCUT2D eigenvalue weighted by Gasteiger charge is 2.25. The molecule has 0 amide bonds. The fourth-order valence-corrected chi connectivity index (χ4v) is 4.38. The molecule has 2 atom stereocenters. The molecule has 0 saturated carbocycles. The number of rotatable bonds is 4. The van der Waals surface area contributed by atoms with E-state index in [1.807, 2.05) is 13.8 Å². The molecule has 4 aromatic rings. The van der Waals surface area contributed by atoms with E-state index < -0.39 is 0 Å². The van der Waals surface area contributed by atoms with Crippen LogP contribution in [-0.4, -0.2) is 5.78 Å². The van der Waals surface area contributed by atoms with Crippen molar-refractivity contribution in [2.45, 2.75) is 39.5 Å². The van der Waals surface area contributed by atoms with Crippen LogP contribution in [0.1, 0.15) is 47.9 Å². The Labute approximate surface area is 167 Å². The van der Waals surface area contributed by atoms with Gasteiger partial charge >= 0.3 is 0 Å². The van der Waals surface area contributed by atoms with Gasteiger partial charge in [0.25, 0.3) is 0 Å². The van der Waals surface area contributed by atoms with Crippen molar-refractivity contribution in [1.29, 1.82) is 0 Å². The molecule has 0 fully saturated rings. The van der Waals surface area contributed by atoms with Crippen molar-refractivity contribution in [1.82, 2.24) is 0 Å². The molecule has 1 heteroatoms. The van der Waals surface area contributed by atoms with Gasteiger partial charge in [0.2, 0.25) is 0 Å². The van der Waals surface area contributed by atoms with E-state index in [9.17, 15) is 4.79 Å². The molecule has 0 radical (unpaired) electrons. The van der Waals surface area contributed by atoms with Gasteiger partial charge in [0.1, 0.15) is 5.78 Å². The second-order valence-corrected chi connectivity index (χ2v) is 7.88. The van der Waals surface area contributed by atoms with Gasteiger partial charge in [-0.05, 0) is 57.6 Å². The summed E-state index contributed by atoms with van der Waals surface area (Å²) in [6.07, 6.45) is 0. The van der Waals surface area contributed by atoms with E-state index in [1.165, 1.54) is 32.7 Å². The minimum atomic E-state index is -0.152. The Morgan fingerprint density at radius 3 is 1.32 bits per heavy atom. The van der Waals surface area contributed by atoms with Crippen LogP contribution in [0.3, 0.4) is 0 Å². The maximum absolute atomic E-state index is 13.5. The van der Waals surface area contributed by atoms with Crippen molar-refractivity contribution in [3.8, 4) is 0 Å². The first kappa shape index (κ1) is 18.4. The average Bonchev–Trinajstić information content (AvgIpc) is 2.73. The van der Waals surface area contributed by atoms with E-state index in [1.54, 1.807) is 0 Å². The second-order valence-electron chi connectivity index (χ2n) is 7.88. The van der Waals surface area contributed by atoms with Crippen LogP contribution in [0.5, 0.6) is 0 Å². The largest absolute Gasteiger partial charge is 0.298 e. The summed E-state index contributed by atoms with van der Waals surface area (Å²) in [4.78, 5) is 13.5. The smallest absolute Gasteiger partial charge is 0.147 e. The minimum absolute atomic E-state index is 0.152. The van der Waals surface area contributed by atoms with Crippen molar-refractivity contribution < 1.29 is 4.79 Å². The third-order valence-corrected chi connectivity index (χ3v) is 6.14. The average molecular weight is 367 g/mol. The molecule has 4 aromatic carbocycles. The van der Waals surface area contributed by atoms with Gasteiger partial charge in [-0.2, -0.15) is 0 Å². The molecule has 0 N–H and O–H groups in total. The van der Waals surface area contributed by atoms with Crippen LogP contribution in [0.15, 0.2) is 72.8 Å². The Bertz CT molecular complexity index is 1090. The maximum atomic E-state index is 13.5. The summed E-state index contributed by atoms with van der Waals surface area (Å²) in [5.41, 5.74) is 4.73. The van der Waals surface area contributed by atoms with Gasteiger partial charge in [-0.15, -0.1) is 0 Å². The monoisotopic (exact) mass is 366 g/mol. The first-order valence-electron chi connectivity index (χ1n) is 9.99. The van der Waals surface area contributed by atoms with Gasteiger partial charge in [-0.25, -0.2) is 0 Å². The second kappa shape index (κ2) is 7.24. The van der Waals surface area contributed by atoms with E-state index in [2.05, 4.69) is 86.6 Å². The number of ketones is 1. The fourth-order valence-electron chi connectivity index (χ4n) is 4.38. The van der Waals surface area contributed by atoms with E-state index >= 15 is 0 Å². The Hall–Kier alpha value is -2.93. The fraction of sp³-hybridized carbons (Fsp3) is 0.222. The van der Waals surface area contributed by atoms with Crippen LogP contribution < -0.4 is 0 Å². The summed E-state index contributed by atoms with van der Waals surface area (Å²) >= 11 is 0. The van der Waals surface area contributed by atoms with Gasteiger partial charge in [0.15, 0.2) is 0 Å². The van der Waals surface area contributed by atoms with E-state index in [4.69, 9.17) is 0 Å². The van der Waals surface area contributed by atoms with Crippen LogP contribution in [0.2, 0.25) is 0 Å². The van der Waals surface area contributed by atoms with E-state index in [0.717, 1.165) is 11.1 Å². The molecular formula is C27H26O. The lowest BCUT2D eigenvalue weighted by molar-refractivity contribution is -0.121. The molecule has 1 nitrogen and oxygen atoms in total. The molecule has 140 valence electrons. The molecular weight excluding hydrogens is 340 g/mol. The van der Waals surface area contributed by atoms with Gasteiger partial charge < -0.3 is 0 Å². The maximum Gasteiger partial charge on any atom is 0.147 e. The van der Waals surface area contributed by atoms with Crippen molar-refractivity contribution >= 4 is 27.3 Å². The lowest BCUT2D eigenvalue weighted by Gasteiger charge is -2.21. The van der Waals surface area contributed by atoms with Crippen LogP contribution in [0.25, 0.3) is 21.5 Å². The highest BCUT2D eigenvalue weighted by Crippen LogP contribution is 2.34. The quantitative estimate of drug-likeness (QED) is 0.377. The molecule has 0 heterocycles. The topological polar surface area (TPSA) is 17.1 Å². The highest BCUT2D eigenvalue weighted by atomic mass is 16.1. The number of carbonyl (C=O) groups is 1. The normalized spacial score (nSPS) is 13.6. The zero-order chi connectivity index (χ0) is 19.8. The summed E-state index contributed by atoms with van der Waals surface area (Å²) in [5.74, 6) is -0.0378. The lowest BCUT2D eigenvalue weighted by Crippen LogP contribution is -2.17. The Morgan fingerprint density at radius 2 is 0.929 bits per heavy atom. The zero-order valence-corrected chi connectivity index (χ0v) is 17.0. The number of hydrogen-bond acceptors (Lipinski definition) is 1. The number of aryl methyl sites for hydroxylation is 2. The molecule has 0 aliphatic carbocycles. The van der Waals surface area contributed by atoms with Gasteiger partial charge in [-0.1, -0.05) is 86.6 Å². The number of hydrogen-bond donors (Lipinski definition) is 0. The molecule has 2 unspecified atom stereocenters. The standard InChI is InChI=1S/C27H26O/c1-17-13-15-23(25-11-7-5-9-21(17)25)19(3)27(28)20(4)24-16-14-18(2)22-10-6-8-12-26(22)24/h5-16,19-20H,1-4H3. The molecule has 4 rings (SSSR count). The van der Waals surface area contributed by atoms with Crippen molar-refractivity contribution in [3.63, 3.8) is 0 Å². The summed E-state index contributed by atoms with van der Waals surface area (Å²) < 4.78 is 0. The van der Waals surface area contributed by atoms with E-state index in [0.29, 0.717) is 0 Å². The summed E-state index contributed by atoms with van der Waals surface area (Å²) in [5, 5.41) is 4.83. The molecule has 0 aliphatic heterocycles. The lowest BCUT2D eigenvalue weighted by atomic mass is 9.82. The highest BCUT2D eigenvalue weighted by molar-refractivity contribution is 6.00. The van der Waals surface area contributed by atoms with Gasteiger partial charge in [0.05, 0.1) is 0 Å². The van der Waals surface area contributed by atoms with Gasteiger partial charge in [-0.3, -0.25) is 4.79 Å². The van der Waals surface area contributed by atoms with E-state index in [-0.39, 0.29) is 17.6 Å². The van der Waals surface area contributed by atoms with Crippen LogP contribution in [-0.2, 0) is 4.79 Å². The van der Waals surface area contributed by atoms with Gasteiger partial charge in [0, 0.05) is 11.8 Å². The molecule has 0 saturated heterocycles. The predicted octanol–water partition coefficient (Wildman–Crippen LogP) is 7.09. The first-order valence-corrected chi connectivity index (χ1v) is 9.99. The molecule has 0 spiro atoms. The third-order valence-electron chi connectivity index (χ3n) is 6.14. The van der Waals surface area contributed by atoms with Crippen molar-refractivity contribution in [3.05, 3.63) is 95.1 Å². The predicted molar refractivity (Wildman–Crippen MR) is 119 cm³/mol. The number of carbonyl (C=O) groups excluding carboxylic acids is 1. The van der Waals surface area contributed by atoms with Crippen molar-refractivity contribution in [2.24, 2.45) is 0 Å². The minimum Gasteiger partial charge on any atom is -0.298 e. The molecule has 0 bridgehead atoms. The molecule has 28 heavy (non-hydrogen) atoms. The van der Waals surface area contributed by atoms with Crippen LogP contribution in [0, 0.1) is 13.8 Å². The van der Waals surface area contributed by atoms with Crippen LogP contribution >= 0.6 is 0 Å². The Morgan fingerprint density at radius 1 is 0.571 bits per heavy atom. The first-order chi connectivity index (χ1) is 13.5. The summed E-state index contributed by atoms with van der Waals surface area (Å²) in [6.45, 7) is 8.35. The Balaban J connectivity index is 1.77. The number of Topliss-reactive ketones (excluding diaryl/α,β-unsaturated/α-hetero) is 1. The number of benzene rings is 4. The SMILES string of the molecule is Cc1ccc(C(C)C(=O)C(C)c2ccc(C)c3ccccc23)c2ccccc12. The summed E-state index contributed by atoms with van der Waals surface area (Å²) in [7, 11) is 0. The molecule has 0 aromatic heterocycles. The van der Waals surface area contributed by atoms with Crippen molar-refractivity contribution in [2.75, 3.05) is 0 Å². The third kappa shape index (κ3) is 3.01. The Kier molecular flexibility index (Phi) is 4.77. The number of fused-ring (bicyclic) bond motifs is 2.